The average Bonchev–Trinajstić information content (AvgIpc) is 3.55. The van der Waals surface area contributed by atoms with Crippen LogP contribution in [0.4, 0.5) is 0 Å². The van der Waals surface area contributed by atoms with E-state index in [-0.39, 0.29) is 11.3 Å². The fourth-order valence-electron chi connectivity index (χ4n) is 4.64. The second-order valence-corrected chi connectivity index (χ2v) is 16.8. The van der Waals surface area contributed by atoms with E-state index in [0.717, 1.165) is 53.8 Å². The van der Waals surface area contributed by atoms with Gasteiger partial charge in [-0.15, -0.1) is 5.53 Å². The molecule has 10 heteroatoms. The molecule has 2 aromatic heterocycles. The van der Waals surface area contributed by atoms with E-state index in [1.807, 2.05) is 35.1 Å². The Kier molecular flexibility index (Phi) is 7.19. The molecule has 1 fully saturated rings. The van der Waals surface area contributed by atoms with E-state index in [2.05, 4.69) is 78.7 Å². The summed E-state index contributed by atoms with van der Waals surface area (Å²) in [5.74, 6) is 1.01. The third kappa shape index (κ3) is 5.33. The largest absolute Gasteiger partial charge is 0.415 e. The maximum atomic E-state index is 6.45. The number of rotatable bonds is 7. The van der Waals surface area contributed by atoms with Crippen LogP contribution < -0.4 is 5.53 Å². The number of ether oxygens (including phenoxy) is 1. The van der Waals surface area contributed by atoms with Crippen LogP contribution in [0.2, 0.25) is 23.2 Å². The van der Waals surface area contributed by atoms with Crippen LogP contribution in [-0.4, -0.2) is 59.5 Å². The van der Waals surface area contributed by atoms with Crippen LogP contribution in [0.25, 0.3) is 27.9 Å². The quantitative estimate of drug-likeness (QED) is 0.353. The number of nitrogens with zero attached hydrogens (tertiary/aromatic N) is 5. The van der Waals surface area contributed by atoms with Crippen LogP contribution in [0.3, 0.4) is 0 Å². The molecule has 1 N–H and O–H groups in total. The van der Waals surface area contributed by atoms with Gasteiger partial charge in [-0.3, -0.25) is 14.6 Å². The van der Waals surface area contributed by atoms with Gasteiger partial charge in [-0.25, -0.2) is 4.68 Å². The van der Waals surface area contributed by atoms with Crippen molar-refractivity contribution in [2.45, 2.75) is 64.4 Å². The van der Waals surface area contributed by atoms with Crippen molar-refractivity contribution in [2.75, 3.05) is 26.8 Å². The molecule has 0 spiro atoms. The van der Waals surface area contributed by atoms with Crippen molar-refractivity contribution < 1.29 is 9.16 Å². The second kappa shape index (κ2) is 10.1. The molecule has 0 bridgehead atoms. The minimum absolute atomic E-state index is 0.0141. The predicted octanol–water partition coefficient (Wildman–Crippen LogP) is 6.30. The Labute approximate surface area is 225 Å². The van der Waals surface area contributed by atoms with Crippen molar-refractivity contribution in [2.24, 2.45) is 0 Å². The van der Waals surface area contributed by atoms with Crippen molar-refractivity contribution in [3.63, 3.8) is 0 Å². The molecule has 37 heavy (non-hydrogen) atoms. The molecule has 5 rings (SSSR count). The number of hydrogen-bond donors (Lipinski definition) is 1. The molecule has 2 aliphatic rings. The summed E-state index contributed by atoms with van der Waals surface area (Å²) in [7, 11) is 0.235. The number of fused-ring (bicyclic) bond motifs is 1. The summed E-state index contributed by atoms with van der Waals surface area (Å²) < 4.78 is 16.5. The Morgan fingerprint density at radius 2 is 2.03 bits per heavy atom. The van der Waals surface area contributed by atoms with Crippen molar-refractivity contribution in [1.82, 2.24) is 29.9 Å². The molecule has 0 amide bonds. The third-order valence-electron chi connectivity index (χ3n) is 7.87. The Balaban J connectivity index is 1.41. The van der Waals surface area contributed by atoms with Crippen LogP contribution in [0.1, 0.15) is 46.3 Å². The molecular formula is C27H39ClN6O2Si. The van der Waals surface area contributed by atoms with E-state index in [0.29, 0.717) is 11.6 Å². The fourth-order valence-corrected chi connectivity index (χ4v) is 5.84. The topological polar surface area (TPSA) is 59.7 Å². The Morgan fingerprint density at radius 3 is 2.76 bits per heavy atom. The van der Waals surface area contributed by atoms with Crippen molar-refractivity contribution in [1.29, 1.82) is 0 Å². The van der Waals surface area contributed by atoms with Gasteiger partial charge in [0, 0.05) is 47.6 Å². The zero-order valence-corrected chi connectivity index (χ0v) is 24.5. The van der Waals surface area contributed by atoms with Crippen LogP contribution in [0, 0.1) is 0 Å². The highest BCUT2D eigenvalue weighted by Gasteiger charge is 2.37. The maximum Gasteiger partial charge on any atom is 0.192 e. The summed E-state index contributed by atoms with van der Waals surface area (Å²) in [6.45, 7) is 13.6. The van der Waals surface area contributed by atoms with Gasteiger partial charge in [-0.2, -0.15) is 5.10 Å². The summed E-state index contributed by atoms with van der Waals surface area (Å²) in [6.07, 6.45) is 11.6. The van der Waals surface area contributed by atoms with Gasteiger partial charge in [-0.05, 0) is 49.5 Å². The van der Waals surface area contributed by atoms with Gasteiger partial charge < -0.3 is 9.16 Å². The predicted molar refractivity (Wildman–Crippen MR) is 152 cm³/mol. The minimum atomic E-state index is -1.79. The molecule has 200 valence electrons. The average molecular weight is 543 g/mol. The zero-order valence-electron chi connectivity index (χ0n) is 22.8. The number of nitrogens with one attached hydrogen (secondary N) is 1. The second-order valence-electron chi connectivity index (χ2n) is 11.6. The zero-order chi connectivity index (χ0) is 26.4. The SMILES string of the molecule is CN1NN(CCO[Si](C)(C)C(C)(C)C)C=C1n1cc(-c2cnn(C3CCCCO3)c2)c2ccc(Cl)cc21. The first-order valence-electron chi connectivity index (χ1n) is 13.1. The lowest BCUT2D eigenvalue weighted by Crippen LogP contribution is -2.44. The molecule has 3 aromatic rings. The molecule has 1 atom stereocenters. The summed E-state index contributed by atoms with van der Waals surface area (Å²) in [6, 6.07) is 6.06. The van der Waals surface area contributed by atoms with Crippen molar-refractivity contribution >= 4 is 36.6 Å². The van der Waals surface area contributed by atoms with Gasteiger partial charge in [0.25, 0.3) is 0 Å². The molecule has 1 unspecified atom stereocenters. The molecule has 0 saturated carbocycles. The Bertz CT molecular complexity index is 1290. The highest BCUT2D eigenvalue weighted by atomic mass is 35.5. The van der Waals surface area contributed by atoms with E-state index in [1.54, 1.807) is 0 Å². The molecule has 8 nitrogen and oxygen atoms in total. The van der Waals surface area contributed by atoms with Gasteiger partial charge in [0.1, 0.15) is 12.0 Å². The van der Waals surface area contributed by atoms with Crippen molar-refractivity contribution in [3.05, 3.63) is 48.0 Å². The molecule has 0 radical (unpaired) electrons. The first-order chi connectivity index (χ1) is 17.5. The fraction of sp³-hybridized carbons (Fsp3) is 0.519. The standard InChI is InChI=1S/C27H39ClN6O2Si/c1-27(2,3)37(5,6)36-14-12-32-19-25(31(4)30-32)33-18-23(22-11-10-21(28)15-24(22)33)20-16-29-34(17-20)26-9-7-8-13-35-26/h10-11,15-19,26,30H,7-9,12-14H2,1-6H3. The van der Waals surface area contributed by atoms with Gasteiger partial charge in [-0.1, -0.05) is 38.4 Å². The smallest absolute Gasteiger partial charge is 0.192 e. The van der Waals surface area contributed by atoms with Crippen LogP contribution >= 0.6 is 11.6 Å². The van der Waals surface area contributed by atoms with E-state index >= 15 is 0 Å². The first-order valence-corrected chi connectivity index (χ1v) is 16.4. The summed E-state index contributed by atoms with van der Waals surface area (Å²) >= 11 is 6.45. The number of benzene rings is 1. The Hall–Kier alpha value is -2.30. The van der Waals surface area contributed by atoms with E-state index in [1.165, 1.54) is 6.42 Å². The molecule has 1 aromatic carbocycles. The van der Waals surface area contributed by atoms with Gasteiger partial charge in [0.2, 0.25) is 0 Å². The van der Waals surface area contributed by atoms with Gasteiger partial charge in [0.15, 0.2) is 8.32 Å². The maximum absolute atomic E-state index is 6.45. The monoisotopic (exact) mass is 542 g/mol. The summed E-state index contributed by atoms with van der Waals surface area (Å²) in [5.41, 5.74) is 6.65. The Morgan fingerprint density at radius 1 is 1.22 bits per heavy atom. The van der Waals surface area contributed by atoms with Gasteiger partial charge >= 0.3 is 0 Å². The van der Waals surface area contributed by atoms with Crippen LogP contribution in [0.5, 0.6) is 0 Å². The van der Waals surface area contributed by atoms with Crippen molar-refractivity contribution in [3.8, 4) is 11.1 Å². The molecule has 0 aliphatic carbocycles. The lowest BCUT2D eigenvalue weighted by molar-refractivity contribution is -0.0394. The van der Waals surface area contributed by atoms with E-state index < -0.39 is 8.32 Å². The number of halogens is 1. The minimum Gasteiger partial charge on any atom is -0.415 e. The molecule has 1 saturated heterocycles. The van der Waals surface area contributed by atoms with Crippen LogP contribution in [-0.2, 0) is 9.16 Å². The van der Waals surface area contributed by atoms with E-state index in [9.17, 15) is 0 Å². The normalized spacial score (nSPS) is 19.2. The molecular weight excluding hydrogens is 504 g/mol. The first kappa shape index (κ1) is 26.3. The summed E-state index contributed by atoms with van der Waals surface area (Å²) in [4.78, 5) is 0. The molecule has 2 aliphatic heterocycles. The highest BCUT2D eigenvalue weighted by molar-refractivity contribution is 6.74. The third-order valence-corrected chi connectivity index (χ3v) is 12.6. The van der Waals surface area contributed by atoms with E-state index in [4.69, 9.17) is 20.8 Å². The lowest BCUT2D eigenvalue weighted by Gasteiger charge is -2.36. The molecule has 4 heterocycles. The van der Waals surface area contributed by atoms with Crippen LogP contribution in [0.15, 0.2) is 43.0 Å². The number of hydrogen-bond acceptors (Lipinski definition) is 6. The summed E-state index contributed by atoms with van der Waals surface area (Å²) in [5, 5.41) is 10.8. The number of hydrazine groups is 2. The van der Waals surface area contributed by atoms with Gasteiger partial charge in [0.05, 0.1) is 31.1 Å². The number of aromatic nitrogens is 3. The lowest BCUT2D eigenvalue weighted by atomic mass is 10.1. The highest BCUT2D eigenvalue weighted by Crippen LogP contribution is 2.37.